The molecule has 0 bridgehead atoms. The Morgan fingerprint density at radius 1 is 0.288 bits per heavy atom. The molecule has 0 N–H and O–H groups in total. The number of fused-ring (bicyclic) bond motifs is 7. The van der Waals surface area contributed by atoms with Crippen LogP contribution < -0.4 is 4.90 Å². The first-order valence-electron chi connectivity index (χ1n) is 25.2. The number of hydrogen-bond donors (Lipinski definition) is 0. The fraction of sp³-hybridized carbons (Fsp3) is 0.0141. The smallest absolute Gasteiger partial charge is 0.0713 e. The molecule has 13 aromatic rings. The fourth-order valence-electron chi connectivity index (χ4n) is 12.0. The van der Waals surface area contributed by atoms with Crippen LogP contribution in [-0.4, -0.2) is 0 Å². The minimum Gasteiger partial charge on any atom is -0.310 e. The third-order valence-electron chi connectivity index (χ3n) is 15.2. The first-order chi connectivity index (χ1) is 36.2. The SMILES string of the molecule is c1ccc(-c2cccc3cccc(-c4ccccc4N(c4ccc(-c5ccc6c(c5)C(c5ccccc5)(c5ccccc5)c5ccccc5-6)cc4)c4cccc(-c5cccc6sc7ccccc7c56)c4)c23)cc1. The first kappa shape index (κ1) is 42.8. The fourth-order valence-corrected chi connectivity index (χ4v) is 13.1. The van der Waals surface area contributed by atoms with E-state index in [0.29, 0.717) is 0 Å². The van der Waals surface area contributed by atoms with Gasteiger partial charge in [-0.15, -0.1) is 11.3 Å². The number of para-hydroxylation sites is 1. The van der Waals surface area contributed by atoms with Gasteiger partial charge in [-0.05, 0) is 132 Å². The summed E-state index contributed by atoms with van der Waals surface area (Å²) in [7, 11) is 0. The van der Waals surface area contributed by atoms with Crippen LogP contribution in [0, 0.1) is 0 Å². The second-order valence-electron chi connectivity index (χ2n) is 19.1. The van der Waals surface area contributed by atoms with Crippen LogP contribution in [0.25, 0.3) is 86.6 Å². The molecule has 1 heterocycles. The third kappa shape index (κ3) is 6.98. The zero-order chi connectivity index (χ0) is 48.3. The summed E-state index contributed by atoms with van der Waals surface area (Å²) in [6.45, 7) is 0. The summed E-state index contributed by atoms with van der Waals surface area (Å²) in [4.78, 5) is 2.47. The minimum atomic E-state index is -0.475. The van der Waals surface area contributed by atoms with Gasteiger partial charge in [0.15, 0.2) is 0 Å². The number of thiophene rings is 1. The molecule has 1 aromatic heterocycles. The van der Waals surface area contributed by atoms with E-state index in [2.05, 4.69) is 290 Å². The van der Waals surface area contributed by atoms with E-state index in [1.807, 2.05) is 11.3 Å². The lowest BCUT2D eigenvalue weighted by atomic mass is 9.67. The lowest BCUT2D eigenvalue weighted by Gasteiger charge is -2.34. The van der Waals surface area contributed by atoms with E-state index < -0.39 is 5.41 Å². The summed E-state index contributed by atoms with van der Waals surface area (Å²) < 4.78 is 2.60. The van der Waals surface area contributed by atoms with Crippen LogP contribution in [0.4, 0.5) is 17.1 Å². The molecule has 0 radical (unpaired) electrons. The van der Waals surface area contributed by atoms with Crippen molar-refractivity contribution in [3.63, 3.8) is 0 Å². The molecule has 1 nitrogen and oxygen atoms in total. The van der Waals surface area contributed by atoms with Crippen molar-refractivity contribution < 1.29 is 0 Å². The average molecular weight is 946 g/mol. The van der Waals surface area contributed by atoms with Gasteiger partial charge in [-0.1, -0.05) is 237 Å². The molecule has 0 saturated heterocycles. The molecule has 2 heteroatoms. The van der Waals surface area contributed by atoms with Crippen molar-refractivity contribution in [3.05, 3.63) is 307 Å². The van der Waals surface area contributed by atoms with Gasteiger partial charge in [-0.25, -0.2) is 0 Å². The molecular formula is C71H47NS. The summed E-state index contributed by atoms with van der Waals surface area (Å²) in [6.07, 6.45) is 0. The normalized spacial score (nSPS) is 12.5. The monoisotopic (exact) mass is 945 g/mol. The third-order valence-corrected chi connectivity index (χ3v) is 16.3. The predicted molar refractivity (Wildman–Crippen MR) is 311 cm³/mol. The van der Waals surface area contributed by atoms with E-state index in [4.69, 9.17) is 0 Å². The van der Waals surface area contributed by atoms with Crippen LogP contribution in [0.1, 0.15) is 22.3 Å². The van der Waals surface area contributed by atoms with E-state index in [9.17, 15) is 0 Å². The van der Waals surface area contributed by atoms with Crippen LogP contribution in [-0.2, 0) is 5.41 Å². The zero-order valence-corrected chi connectivity index (χ0v) is 40.8. The maximum absolute atomic E-state index is 2.47. The van der Waals surface area contributed by atoms with Gasteiger partial charge in [-0.3, -0.25) is 0 Å². The Balaban J connectivity index is 0.951. The maximum atomic E-state index is 2.47. The Bertz CT molecular complexity index is 4150. The molecule has 0 spiro atoms. The highest BCUT2D eigenvalue weighted by molar-refractivity contribution is 7.25. The Labute approximate surface area is 430 Å². The lowest BCUT2D eigenvalue weighted by molar-refractivity contribution is 0.769. The topological polar surface area (TPSA) is 3.24 Å². The average Bonchev–Trinajstić information content (AvgIpc) is 4.00. The van der Waals surface area contributed by atoms with Crippen molar-refractivity contribution in [2.24, 2.45) is 0 Å². The van der Waals surface area contributed by atoms with Crippen molar-refractivity contribution in [3.8, 4) is 55.6 Å². The highest BCUT2D eigenvalue weighted by Crippen LogP contribution is 2.57. The number of anilines is 3. The Morgan fingerprint density at radius 3 is 1.60 bits per heavy atom. The van der Waals surface area contributed by atoms with Gasteiger partial charge in [0.2, 0.25) is 0 Å². The van der Waals surface area contributed by atoms with Gasteiger partial charge in [-0.2, -0.15) is 0 Å². The van der Waals surface area contributed by atoms with Crippen LogP contribution in [0.15, 0.2) is 285 Å². The molecule has 0 amide bonds. The van der Waals surface area contributed by atoms with Gasteiger partial charge in [0.1, 0.15) is 0 Å². The molecule has 342 valence electrons. The van der Waals surface area contributed by atoms with Crippen LogP contribution in [0.5, 0.6) is 0 Å². The Hall–Kier alpha value is -9.08. The molecule has 0 saturated carbocycles. The molecule has 0 aliphatic heterocycles. The van der Waals surface area contributed by atoms with Crippen molar-refractivity contribution in [1.29, 1.82) is 0 Å². The quantitative estimate of drug-likeness (QED) is 0.139. The standard InChI is InChI=1S/C71H47NS/c1-4-20-49(21-5-1)57-33-17-22-50-23-18-35-62(69(50)57)61-31-11-14-37-66(61)72(56-29-16-24-52(46-56)58-34-19-39-68-70(58)63-32-12-15-38-67(63)73-68)55-43-40-48(41-44-55)51-42-45-60-59-30-10-13-36-64(59)71(65(60)47-51,53-25-6-2-7-26-53)54-27-8-3-9-28-54/h1-47H. The van der Waals surface area contributed by atoms with E-state index in [0.717, 1.165) is 28.2 Å². The second-order valence-corrected chi connectivity index (χ2v) is 20.2. The molecule has 12 aromatic carbocycles. The molecule has 1 aliphatic rings. The van der Waals surface area contributed by atoms with Gasteiger partial charge in [0, 0.05) is 37.1 Å². The maximum Gasteiger partial charge on any atom is 0.0713 e. The summed E-state index contributed by atoms with van der Waals surface area (Å²) in [6, 6.07) is 105. The predicted octanol–water partition coefficient (Wildman–Crippen LogP) is 19.7. The largest absolute Gasteiger partial charge is 0.310 e. The van der Waals surface area contributed by atoms with E-state index in [1.54, 1.807) is 0 Å². The Morgan fingerprint density at radius 2 is 0.836 bits per heavy atom. The summed E-state index contributed by atoms with van der Waals surface area (Å²) in [5, 5.41) is 5.06. The van der Waals surface area contributed by atoms with E-state index in [-0.39, 0.29) is 0 Å². The molecule has 0 fully saturated rings. The van der Waals surface area contributed by atoms with Gasteiger partial charge in [0.05, 0.1) is 11.1 Å². The highest BCUT2D eigenvalue weighted by Gasteiger charge is 2.46. The van der Waals surface area contributed by atoms with Gasteiger partial charge >= 0.3 is 0 Å². The molecule has 0 unspecified atom stereocenters. The van der Waals surface area contributed by atoms with Gasteiger partial charge < -0.3 is 4.90 Å². The van der Waals surface area contributed by atoms with Crippen molar-refractivity contribution in [2.45, 2.75) is 5.41 Å². The summed E-state index contributed by atoms with van der Waals surface area (Å²) in [5.41, 5.74) is 20.1. The Kier molecular flexibility index (Phi) is 10.3. The van der Waals surface area contributed by atoms with Crippen LogP contribution in [0.2, 0.25) is 0 Å². The minimum absolute atomic E-state index is 0.475. The van der Waals surface area contributed by atoms with E-state index >= 15 is 0 Å². The molecular weight excluding hydrogens is 899 g/mol. The van der Waals surface area contributed by atoms with Crippen LogP contribution in [0.3, 0.4) is 0 Å². The number of benzene rings is 12. The van der Waals surface area contributed by atoms with Crippen LogP contribution >= 0.6 is 11.3 Å². The van der Waals surface area contributed by atoms with Crippen molar-refractivity contribution >= 4 is 59.3 Å². The summed E-state index contributed by atoms with van der Waals surface area (Å²) in [5.74, 6) is 0. The first-order valence-corrected chi connectivity index (χ1v) is 26.0. The molecule has 0 atom stereocenters. The van der Waals surface area contributed by atoms with E-state index in [1.165, 1.54) is 97.7 Å². The molecule has 1 aliphatic carbocycles. The lowest BCUT2D eigenvalue weighted by Crippen LogP contribution is -2.28. The second kappa shape index (κ2) is 17.6. The number of nitrogens with zero attached hydrogens (tertiary/aromatic N) is 1. The molecule has 14 rings (SSSR count). The van der Waals surface area contributed by atoms with Crippen molar-refractivity contribution in [1.82, 2.24) is 0 Å². The summed E-state index contributed by atoms with van der Waals surface area (Å²) >= 11 is 1.86. The highest BCUT2D eigenvalue weighted by atomic mass is 32.1. The number of rotatable bonds is 9. The van der Waals surface area contributed by atoms with Gasteiger partial charge in [0.25, 0.3) is 0 Å². The zero-order valence-electron chi connectivity index (χ0n) is 40.0. The number of hydrogen-bond acceptors (Lipinski definition) is 2. The van der Waals surface area contributed by atoms with Crippen molar-refractivity contribution in [2.75, 3.05) is 4.90 Å². The molecule has 73 heavy (non-hydrogen) atoms.